The summed E-state index contributed by atoms with van der Waals surface area (Å²) < 4.78 is 38.5. The van der Waals surface area contributed by atoms with Crippen molar-refractivity contribution < 1.29 is 13.2 Å². The fourth-order valence-corrected chi connectivity index (χ4v) is 2.42. The van der Waals surface area contributed by atoms with Gasteiger partial charge in [-0.2, -0.15) is 13.2 Å². The van der Waals surface area contributed by atoms with Crippen LogP contribution in [-0.4, -0.2) is 4.98 Å². The second-order valence-electron chi connectivity index (χ2n) is 4.72. The second-order valence-corrected chi connectivity index (χ2v) is 4.72. The first-order valence-corrected chi connectivity index (χ1v) is 6.40. The molecular weight excluding hydrogens is 293 g/mol. The van der Waals surface area contributed by atoms with E-state index < -0.39 is 11.7 Å². The van der Waals surface area contributed by atoms with Crippen LogP contribution in [0.4, 0.5) is 13.2 Å². The van der Waals surface area contributed by atoms with Crippen LogP contribution in [0.15, 0.2) is 47.6 Å². The van der Waals surface area contributed by atoms with Gasteiger partial charge in [-0.15, -0.1) is 0 Å². The van der Waals surface area contributed by atoms with Crippen molar-refractivity contribution in [1.82, 2.24) is 4.98 Å². The Balaban J connectivity index is 2.35. The molecule has 0 spiro atoms. The molecule has 1 aromatic heterocycles. The Morgan fingerprint density at radius 1 is 1.05 bits per heavy atom. The molecule has 0 aliphatic rings. The lowest BCUT2D eigenvalue weighted by Gasteiger charge is -2.11. The van der Waals surface area contributed by atoms with Gasteiger partial charge in [-0.1, -0.05) is 35.4 Å². The van der Waals surface area contributed by atoms with Crippen molar-refractivity contribution in [3.8, 4) is 0 Å². The van der Waals surface area contributed by atoms with Gasteiger partial charge in [0, 0.05) is 15.7 Å². The number of hydrogen-bond donors (Lipinski definition) is 0. The number of halogens is 3. The Labute approximate surface area is 122 Å². The molecule has 0 bridgehead atoms. The number of nitrogens with zero attached hydrogens (tertiary/aromatic N) is 4. The van der Waals surface area contributed by atoms with Gasteiger partial charge in [0.15, 0.2) is 0 Å². The Kier molecular flexibility index (Phi) is 3.35. The summed E-state index contributed by atoms with van der Waals surface area (Å²) in [6.45, 7) is -0.0107. The predicted octanol–water partition coefficient (Wildman–Crippen LogP) is 5.22. The van der Waals surface area contributed by atoms with Crippen molar-refractivity contribution in [3.63, 3.8) is 0 Å². The highest BCUT2D eigenvalue weighted by Crippen LogP contribution is 2.33. The molecule has 0 fully saturated rings. The first kappa shape index (κ1) is 14.2. The van der Waals surface area contributed by atoms with Gasteiger partial charge >= 0.3 is 6.18 Å². The second kappa shape index (κ2) is 5.20. The Morgan fingerprint density at radius 3 is 2.45 bits per heavy atom. The van der Waals surface area contributed by atoms with Crippen LogP contribution in [0.2, 0.25) is 0 Å². The molecule has 3 rings (SSSR count). The van der Waals surface area contributed by atoms with E-state index in [1.54, 1.807) is 12.1 Å². The molecule has 22 heavy (non-hydrogen) atoms. The van der Waals surface area contributed by atoms with Gasteiger partial charge in [-0.25, -0.2) is 0 Å². The number of fused-ring (bicyclic) bond motifs is 3. The minimum Gasteiger partial charge on any atom is -0.252 e. The van der Waals surface area contributed by atoms with Crippen LogP contribution in [0.5, 0.6) is 0 Å². The van der Waals surface area contributed by atoms with Crippen molar-refractivity contribution in [1.29, 1.82) is 0 Å². The topological polar surface area (TPSA) is 61.7 Å². The third-order valence-electron chi connectivity index (χ3n) is 3.39. The van der Waals surface area contributed by atoms with E-state index in [0.29, 0.717) is 11.1 Å². The summed E-state index contributed by atoms with van der Waals surface area (Å²) in [5, 5.41) is 5.65. The summed E-state index contributed by atoms with van der Waals surface area (Å²) in [5.74, 6) is 0. The quantitative estimate of drug-likeness (QED) is 0.277. The highest BCUT2D eigenvalue weighted by atomic mass is 19.4. The molecule has 1 heterocycles. The van der Waals surface area contributed by atoms with E-state index in [2.05, 4.69) is 15.0 Å². The average Bonchev–Trinajstić information content (AvgIpc) is 2.51. The summed E-state index contributed by atoms with van der Waals surface area (Å²) in [6.07, 6.45) is -4.42. The smallest absolute Gasteiger partial charge is 0.252 e. The molecule has 0 saturated carbocycles. The molecule has 3 aromatic rings. The minimum absolute atomic E-state index is 0.0107. The zero-order valence-electron chi connectivity index (χ0n) is 11.2. The van der Waals surface area contributed by atoms with Crippen LogP contribution in [0.1, 0.15) is 11.3 Å². The molecule has 2 aromatic carbocycles. The first-order valence-electron chi connectivity index (χ1n) is 6.40. The molecular formula is C15H9F3N4. The summed E-state index contributed by atoms with van der Waals surface area (Å²) >= 11 is 0. The Hall–Kier alpha value is -2.79. The molecule has 0 aliphatic carbocycles. The predicted molar refractivity (Wildman–Crippen MR) is 77.1 cm³/mol. The summed E-state index contributed by atoms with van der Waals surface area (Å²) in [7, 11) is 0. The molecule has 4 nitrogen and oxygen atoms in total. The maximum absolute atomic E-state index is 12.8. The van der Waals surface area contributed by atoms with E-state index in [0.717, 1.165) is 22.9 Å². The lowest BCUT2D eigenvalue weighted by molar-refractivity contribution is -0.137. The number of alkyl halides is 3. The molecule has 0 N–H and O–H groups in total. The molecule has 0 saturated heterocycles. The van der Waals surface area contributed by atoms with Crippen LogP contribution >= 0.6 is 0 Å². The van der Waals surface area contributed by atoms with Gasteiger partial charge in [0.25, 0.3) is 0 Å². The SMILES string of the molecule is [N-]=[N+]=NCc1nc2cc(C(F)(F)F)ccc2c2ccccc12. The zero-order chi connectivity index (χ0) is 15.7. The number of benzene rings is 2. The van der Waals surface area contributed by atoms with Crippen molar-refractivity contribution in [2.45, 2.75) is 12.7 Å². The normalized spacial score (nSPS) is 11.6. The van der Waals surface area contributed by atoms with E-state index in [1.807, 2.05) is 12.1 Å². The summed E-state index contributed by atoms with van der Waals surface area (Å²) in [6, 6.07) is 10.7. The maximum Gasteiger partial charge on any atom is 0.416 e. The minimum atomic E-state index is -4.42. The molecule has 0 aliphatic heterocycles. The zero-order valence-corrected chi connectivity index (χ0v) is 11.2. The fourth-order valence-electron chi connectivity index (χ4n) is 2.42. The van der Waals surface area contributed by atoms with Crippen LogP contribution in [0.25, 0.3) is 32.1 Å². The van der Waals surface area contributed by atoms with Gasteiger partial charge in [-0.05, 0) is 23.1 Å². The van der Waals surface area contributed by atoms with Crippen LogP contribution in [0.3, 0.4) is 0 Å². The van der Waals surface area contributed by atoms with Crippen LogP contribution < -0.4 is 0 Å². The van der Waals surface area contributed by atoms with Crippen LogP contribution in [-0.2, 0) is 12.7 Å². The largest absolute Gasteiger partial charge is 0.416 e. The van der Waals surface area contributed by atoms with Crippen molar-refractivity contribution in [2.24, 2.45) is 5.11 Å². The monoisotopic (exact) mass is 302 g/mol. The van der Waals surface area contributed by atoms with E-state index in [4.69, 9.17) is 5.53 Å². The third kappa shape index (κ3) is 2.42. The van der Waals surface area contributed by atoms with Gasteiger partial charge in [0.2, 0.25) is 0 Å². The number of azide groups is 1. The maximum atomic E-state index is 12.8. The van der Waals surface area contributed by atoms with Crippen molar-refractivity contribution in [2.75, 3.05) is 0 Å². The lowest BCUT2D eigenvalue weighted by atomic mass is 10.0. The highest BCUT2D eigenvalue weighted by molar-refractivity contribution is 6.06. The van der Waals surface area contributed by atoms with Gasteiger partial charge in [0.1, 0.15) is 0 Å². The molecule has 0 unspecified atom stereocenters. The lowest BCUT2D eigenvalue weighted by Crippen LogP contribution is -2.05. The van der Waals surface area contributed by atoms with Gasteiger partial charge in [0.05, 0.1) is 23.3 Å². The Bertz CT molecular complexity index is 912. The highest BCUT2D eigenvalue weighted by Gasteiger charge is 2.30. The first-order chi connectivity index (χ1) is 10.5. The van der Waals surface area contributed by atoms with Crippen LogP contribution in [0, 0.1) is 0 Å². The number of pyridine rings is 1. The molecule has 0 amide bonds. The Morgan fingerprint density at radius 2 is 1.77 bits per heavy atom. The van der Waals surface area contributed by atoms with E-state index in [1.165, 1.54) is 6.07 Å². The summed E-state index contributed by atoms with van der Waals surface area (Å²) in [5.41, 5.74) is 8.38. The molecule has 0 radical (unpaired) electrons. The van der Waals surface area contributed by atoms with Gasteiger partial charge < -0.3 is 0 Å². The van der Waals surface area contributed by atoms with E-state index >= 15 is 0 Å². The molecule has 7 heteroatoms. The van der Waals surface area contributed by atoms with Crippen molar-refractivity contribution in [3.05, 3.63) is 64.2 Å². The fraction of sp³-hybridized carbons (Fsp3) is 0.133. The summed E-state index contributed by atoms with van der Waals surface area (Å²) in [4.78, 5) is 6.93. The standard InChI is InChI=1S/C15H9F3N4/c16-15(17,18)9-5-6-12-10-3-1-2-4-11(10)14(8-20-22-19)21-13(12)7-9/h1-7H,8H2. The number of hydrogen-bond acceptors (Lipinski definition) is 2. The number of aromatic nitrogens is 1. The number of rotatable bonds is 2. The van der Waals surface area contributed by atoms with E-state index in [-0.39, 0.29) is 12.1 Å². The van der Waals surface area contributed by atoms with E-state index in [9.17, 15) is 13.2 Å². The average molecular weight is 302 g/mol. The van der Waals surface area contributed by atoms with Gasteiger partial charge in [-0.3, -0.25) is 4.98 Å². The molecule has 110 valence electrons. The third-order valence-corrected chi connectivity index (χ3v) is 3.39. The van der Waals surface area contributed by atoms with Crippen molar-refractivity contribution >= 4 is 21.7 Å². The molecule has 0 atom stereocenters.